The van der Waals surface area contributed by atoms with Crippen LogP contribution in [0, 0.1) is 11.8 Å². The molecule has 2 unspecified atom stereocenters. The number of ether oxygens (including phenoxy) is 1. The summed E-state index contributed by atoms with van der Waals surface area (Å²) in [6.07, 6.45) is 9.02. The molecule has 0 spiro atoms. The molecule has 1 saturated heterocycles. The number of nitrogens with one attached hydrogen (secondary N) is 2. The highest BCUT2D eigenvalue weighted by Gasteiger charge is 2.29. The molecule has 1 saturated carbocycles. The monoisotopic (exact) mass is 296 g/mol. The number of hydrogen-bond acceptors (Lipinski definition) is 3. The Kier molecular flexibility index (Phi) is 5.91. The topological polar surface area (TPSA) is 50.4 Å². The van der Waals surface area contributed by atoms with Gasteiger partial charge in [-0.2, -0.15) is 0 Å². The standard InChI is InChI=1S/C17H32N2O2/c1-17(2,3)21-16(20)19-12-13-9-10-18-15(11-13)14-7-5-4-6-8-14/h13-15,18H,4-12H2,1-3H3,(H,19,20). The molecular formula is C17H32N2O2. The predicted octanol–water partition coefficient (Wildman–Crippen LogP) is 3.46. The number of hydrogen-bond donors (Lipinski definition) is 2. The van der Waals surface area contributed by atoms with E-state index >= 15 is 0 Å². The van der Waals surface area contributed by atoms with E-state index in [0.29, 0.717) is 12.0 Å². The number of rotatable bonds is 3. The van der Waals surface area contributed by atoms with E-state index in [-0.39, 0.29) is 6.09 Å². The Balaban J connectivity index is 1.72. The maximum atomic E-state index is 11.7. The third-order valence-corrected chi connectivity index (χ3v) is 4.70. The van der Waals surface area contributed by atoms with Crippen LogP contribution in [0.15, 0.2) is 0 Å². The van der Waals surface area contributed by atoms with Crippen LogP contribution in [-0.4, -0.2) is 30.8 Å². The van der Waals surface area contributed by atoms with Crippen molar-refractivity contribution in [1.82, 2.24) is 10.6 Å². The second-order valence-corrected chi connectivity index (χ2v) is 7.73. The molecule has 2 atom stereocenters. The lowest BCUT2D eigenvalue weighted by Crippen LogP contribution is -2.46. The van der Waals surface area contributed by atoms with Crippen molar-refractivity contribution in [3.63, 3.8) is 0 Å². The third kappa shape index (κ3) is 5.85. The molecule has 4 heteroatoms. The van der Waals surface area contributed by atoms with Crippen molar-refractivity contribution in [3.8, 4) is 0 Å². The van der Waals surface area contributed by atoms with Gasteiger partial charge in [-0.25, -0.2) is 4.79 Å². The average Bonchev–Trinajstić information content (AvgIpc) is 2.45. The second kappa shape index (κ2) is 7.48. The molecule has 1 aliphatic carbocycles. The van der Waals surface area contributed by atoms with E-state index in [0.717, 1.165) is 25.4 Å². The van der Waals surface area contributed by atoms with Crippen LogP contribution in [0.3, 0.4) is 0 Å². The summed E-state index contributed by atoms with van der Waals surface area (Å²) in [7, 11) is 0. The molecule has 0 bridgehead atoms. The van der Waals surface area contributed by atoms with Gasteiger partial charge in [-0.1, -0.05) is 19.3 Å². The zero-order chi connectivity index (χ0) is 15.3. The van der Waals surface area contributed by atoms with Crippen molar-refractivity contribution in [3.05, 3.63) is 0 Å². The first-order valence-corrected chi connectivity index (χ1v) is 8.64. The van der Waals surface area contributed by atoms with Crippen LogP contribution in [0.5, 0.6) is 0 Å². The highest BCUT2D eigenvalue weighted by Crippen LogP contribution is 2.31. The number of amides is 1. The molecule has 2 N–H and O–H groups in total. The zero-order valence-electron chi connectivity index (χ0n) is 13.9. The van der Waals surface area contributed by atoms with Crippen molar-refractivity contribution in [2.45, 2.75) is 77.4 Å². The van der Waals surface area contributed by atoms with Gasteiger partial charge in [0.05, 0.1) is 0 Å². The quantitative estimate of drug-likeness (QED) is 0.838. The van der Waals surface area contributed by atoms with E-state index in [4.69, 9.17) is 4.74 Å². The first-order chi connectivity index (χ1) is 9.94. The Morgan fingerprint density at radius 1 is 1.19 bits per heavy atom. The normalized spacial score (nSPS) is 28.1. The number of carbonyl (C=O) groups excluding carboxylic acids is 1. The van der Waals surface area contributed by atoms with Gasteiger partial charge in [0.2, 0.25) is 0 Å². The zero-order valence-corrected chi connectivity index (χ0v) is 13.9. The van der Waals surface area contributed by atoms with Gasteiger partial charge < -0.3 is 15.4 Å². The van der Waals surface area contributed by atoms with Crippen LogP contribution in [-0.2, 0) is 4.74 Å². The number of alkyl carbamates (subject to hydrolysis) is 1. The predicted molar refractivity (Wildman–Crippen MR) is 85.3 cm³/mol. The van der Waals surface area contributed by atoms with Crippen molar-refractivity contribution < 1.29 is 9.53 Å². The maximum absolute atomic E-state index is 11.7. The molecule has 21 heavy (non-hydrogen) atoms. The molecule has 122 valence electrons. The molecule has 2 rings (SSSR count). The van der Waals surface area contributed by atoms with Crippen molar-refractivity contribution in [2.24, 2.45) is 11.8 Å². The third-order valence-electron chi connectivity index (χ3n) is 4.70. The lowest BCUT2D eigenvalue weighted by molar-refractivity contribution is 0.0511. The van der Waals surface area contributed by atoms with E-state index in [9.17, 15) is 4.79 Å². The number of carbonyl (C=O) groups is 1. The molecule has 1 aliphatic heterocycles. The first kappa shape index (κ1) is 16.6. The van der Waals surface area contributed by atoms with Crippen molar-refractivity contribution in [1.29, 1.82) is 0 Å². The average molecular weight is 296 g/mol. The Labute approximate surface area is 129 Å². The summed E-state index contributed by atoms with van der Waals surface area (Å²) < 4.78 is 5.31. The molecule has 0 radical (unpaired) electrons. The van der Waals surface area contributed by atoms with Crippen LogP contribution in [0.1, 0.15) is 65.7 Å². The number of piperidine rings is 1. The minimum Gasteiger partial charge on any atom is -0.444 e. The largest absolute Gasteiger partial charge is 0.444 e. The highest BCUT2D eigenvalue weighted by atomic mass is 16.6. The first-order valence-electron chi connectivity index (χ1n) is 8.64. The van der Waals surface area contributed by atoms with E-state index in [1.165, 1.54) is 38.5 Å². The van der Waals surface area contributed by atoms with E-state index < -0.39 is 5.60 Å². The summed E-state index contributed by atoms with van der Waals surface area (Å²) in [6.45, 7) is 7.53. The molecule has 0 aromatic rings. The lowest BCUT2D eigenvalue weighted by Gasteiger charge is -2.37. The summed E-state index contributed by atoms with van der Waals surface area (Å²) >= 11 is 0. The van der Waals surface area contributed by atoms with Gasteiger partial charge in [-0.15, -0.1) is 0 Å². The van der Waals surface area contributed by atoms with Gasteiger partial charge in [0.25, 0.3) is 0 Å². The van der Waals surface area contributed by atoms with E-state index in [1.807, 2.05) is 20.8 Å². The minimum absolute atomic E-state index is 0.282. The van der Waals surface area contributed by atoms with Crippen molar-refractivity contribution >= 4 is 6.09 Å². The summed E-state index contributed by atoms with van der Waals surface area (Å²) in [5.74, 6) is 1.44. The fourth-order valence-corrected chi connectivity index (χ4v) is 3.66. The Morgan fingerprint density at radius 2 is 1.90 bits per heavy atom. The van der Waals surface area contributed by atoms with Crippen LogP contribution < -0.4 is 10.6 Å². The SMILES string of the molecule is CC(C)(C)OC(=O)NCC1CCNC(C2CCCCC2)C1. The van der Waals surface area contributed by atoms with Gasteiger partial charge >= 0.3 is 6.09 Å². The summed E-state index contributed by atoms with van der Waals surface area (Å²) in [6, 6.07) is 0.657. The van der Waals surface area contributed by atoms with E-state index in [2.05, 4.69) is 10.6 Å². The molecule has 0 aromatic carbocycles. The minimum atomic E-state index is -0.414. The lowest BCUT2D eigenvalue weighted by atomic mass is 9.78. The van der Waals surface area contributed by atoms with Gasteiger partial charge in [0.1, 0.15) is 5.60 Å². The van der Waals surface area contributed by atoms with Gasteiger partial charge in [0.15, 0.2) is 0 Å². The van der Waals surface area contributed by atoms with E-state index in [1.54, 1.807) is 0 Å². The maximum Gasteiger partial charge on any atom is 0.407 e. The second-order valence-electron chi connectivity index (χ2n) is 7.73. The summed E-state index contributed by atoms with van der Waals surface area (Å²) in [5, 5.41) is 6.64. The molecule has 1 heterocycles. The molecular weight excluding hydrogens is 264 g/mol. The Hall–Kier alpha value is -0.770. The fourth-order valence-electron chi connectivity index (χ4n) is 3.66. The molecule has 0 aromatic heterocycles. The smallest absolute Gasteiger partial charge is 0.407 e. The molecule has 2 aliphatic rings. The molecule has 2 fully saturated rings. The molecule has 4 nitrogen and oxygen atoms in total. The highest BCUT2D eigenvalue weighted by molar-refractivity contribution is 5.67. The van der Waals surface area contributed by atoms with Crippen molar-refractivity contribution in [2.75, 3.05) is 13.1 Å². The summed E-state index contributed by atoms with van der Waals surface area (Å²) in [5.41, 5.74) is -0.414. The Morgan fingerprint density at radius 3 is 2.57 bits per heavy atom. The van der Waals surface area contributed by atoms with Gasteiger partial charge in [-0.05, 0) is 64.8 Å². The van der Waals surface area contributed by atoms with Crippen LogP contribution >= 0.6 is 0 Å². The molecule has 1 amide bonds. The van der Waals surface area contributed by atoms with Crippen LogP contribution in [0.25, 0.3) is 0 Å². The Bertz CT molecular complexity index is 332. The van der Waals surface area contributed by atoms with Crippen LogP contribution in [0.4, 0.5) is 4.79 Å². The van der Waals surface area contributed by atoms with Gasteiger partial charge in [0, 0.05) is 12.6 Å². The van der Waals surface area contributed by atoms with Gasteiger partial charge in [-0.3, -0.25) is 0 Å². The fraction of sp³-hybridized carbons (Fsp3) is 0.941. The summed E-state index contributed by atoms with van der Waals surface area (Å²) in [4.78, 5) is 11.7. The van der Waals surface area contributed by atoms with Crippen LogP contribution in [0.2, 0.25) is 0 Å².